The number of likely N-dealkylation sites (N-methyl/N-ethyl adjacent to an activating group) is 1. The molecule has 1 atom stereocenters. The van der Waals surface area contributed by atoms with Gasteiger partial charge in [-0.25, -0.2) is 0 Å². The molecule has 1 aromatic carbocycles. The van der Waals surface area contributed by atoms with Gasteiger partial charge in [0.05, 0.1) is 0 Å². The average Bonchev–Trinajstić information content (AvgIpc) is 3.06. The molecule has 4 nitrogen and oxygen atoms in total. The third-order valence-corrected chi connectivity index (χ3v) is 4.42. The van der Waals surface area contributed by atoms with Crippen molar-refractivity contribution in [1.82, 2.24) is 10.2 Å². The number of carbonyl (C=O) groups is 1. The number of aryl methyl sites for hydroxylation is 2. The zero-order valence-corrected chi connectivity index (χ0v) is 14.1. The van der Waals surface area contributed by atoms with Crippen molar-refractivity contribution >= 4 is 29.3 Å². The molecule has 1 aliphatic heterocycles. The van der Waals surface area contributed by atoms with Gasteiger partial charge in [-0.05, 0) is 63.1 Å². The van der Waals surface area contributed by atoms with Crippen LogP contribution in [-0.2, 0) is 0 Å². The van der Waals surface area contributed by atoms with E-state index in [4.69, 9.17) is 4.42 Å². The summed E-state index contributed by atoms with van der Waals surface area (Å²) >= 11 is 0. The number of furan rings is 1. The number of carbonyl (C=O) groups excluding carboxylic acids is 1. The van der Waals surface area contributed by atoms with Crippen LogP contribution in [0.15, 0.2) is 22.6 Å². The highest BCUT2D eigenvalue weighted by atomic mass is 35.5. The third kappa shape index (κ3) is 2.99. The van der Waals surface area contributed by atoms with E-state index in [1.54, 1.807) is 0 Å². The molecule has 0 spiro atoms. The Hall–Kier alpha value is -1.52. The van der Waals surface area contributed by atoms with E-state index in [9.17, 15) is 4.79 Å². The van der Waals surface area contributed by atoms with Gasteiger partial charge >= 0.3 is 0 Å². The van der Waals surface area contributed by atoms with Crippen LogP contribution < -0.4 is 5.32 Å². The van der Waals surface area contributed by atoms with Gasteiger partial charge in [0.15, 0.2) is 5.76 Å². The van der Waals surface area contributed by atoms with Crippen molar-refractivity contribution < 1.29 is 9.21 Å². The number of halogens is 1. The lowest BCUT2D eigenvalue weighted by molar-refractivity contribution is 0.0707. The van der Waals surface area contributed by atoms with Crippen LogP contribution in [-0.4, -0.2) is 37.0 Å². The quantitative estimate of drug-likeness (QED) is 0.943. The summed E-state index contributed by atoms with van der Waals surface area (Å²) in [5.74, 6) is 0.470. The normalized spacial score (nSPS) is 17.8. The first-order valence-corrected chi connectivity index (χ1v) is 7.56. The summed E-state index contributed by atoms with van der Waals surface area (Å²) in [5.41, 5.74) is 3.20. The molecule has 120 valence electrons. The molecule has 1 N–H and O–H groups in total. The number of likely N-dealkylation sites (tertiary alicyclic amines) is 1. The molecule has 22 heavy (non-hydrogen) atoms. The maximum atomic E-state index is 12.7. The number of hydrogen-bond acceptors (Lipinski definition) is 3. The first-order chi connectivity index (χ1) is 10.1. The lowest BCUT2D eigenvalue weighted by Gasteiger charge is -2.23. The maximum Gasteiger partial charge on any atom is 0.289 e. The minimum absolute atomic E-state index is 0. The van der Waals surface area contributed by atoms with Crippen molar-refractivity contribution in [3.05, 3.63) is 35.1 Å². The minimum Gasteiger partial charge on any atom is -0.451 e. The van der Waals surface area contributed by atoms with Crippen molar-refractivity contribution in [2.45, 2.75) is 32.7 Å². The second-order valence-corrected chi connectivity index (χ2v) is 5.94. The van der Waals surface area contributed by atoms with E-state index < -0.39 is 0 Å². The summed E-state index contributed by atoms with van der Waals surface area (Å²) in [6.45, 7) is 5.79. The summed E-state index contributed by atoms with van der Waals surface area (Å²) < 4.78 is 5.79. The van der Waals surface area contributed by atoms with Gasteiger partial charge in [-0.2, -0.15) is 0 Å². The minimum atomic E-state index is 0. The van der Waals surface area contributed by atoms with Crippen LogP contribution in [0.5, 0.6) is 0 Å². The molecule has 0 bridgehead atoms. The van der Waals surface area contributed by atoms with E-state index in [2.05, 4.69) is 25.2 Å². The molecule has 1 aliphatic rings. The second kappa shape index (κ2) is 6.71. The van der Waals surface area contributed by atoms with Gasteiger partial charge in [0, 0.05) is 24.5 Å². The molecule has 2 aromatic rings. The number of rotatable bonds is 3. The third-order valence-electron chi connectivity index (χ3n) is 4.42. The molecule has 1 amide bonds. The SMILES string of the molecule is CNCC1CCCN1C(=O)c1cc2cc(C)c(C)cc2o1.Cl. The number of hydrogen-bond donors (Lipinski definition) is 1. The summed E-state index contributed by atoms with van der Waals surface area (Å²) in [7, 11) is 1.92. The van der Waals surface area contributed by atoms with Gasteiger partial charge in [-0.3, -0.25) is 4.79 Å². The zero-order valence-electron chi connectivity index (χ0n) is 13.3. The fourth-order valence-corrected chi connectivity index (χ4v) is 3.10. The van der Waals surface area contributed by atoms with E-state index >= 15 is 0 Å². The second-order valence-electron chi connectivity index (χ2n) is 5.94. The van der Waals surface area contributed by atoms with Crippen LogP contribution in [0, 0.1) is 13.8 Å². The van der Waals surface area contributed by atoms with E-state index in [-0.39, 0.29) is 24.4 Å². The molecule has 0 aliphatic carbocycles. The fourth-order valence-electron chi connectivity index (χ4n) is 3.10. The van der Waals surface area contributed by atoms with E-state index in [0.717, 1.165) is 36.9 Å². The Bertz CT molecular complexity index is 642. The van der Waals surface area contributed by atoms with Crippen LogP contribution in [0.25, 0.3) is 11.0 Å². The van der Waals surface area contributed by atoms with Crippen LogP contribution in [0.3, 0.4) is 0 Å². The van der Waals surface area contributed by atoms with Crippen LogP contribution in [0.2, 0.25) is 0 Å². The van der Waals surface area contributed by atoms with Crippen molar-refractivity contribution in [1.29, 1.82) is 0 Å². The van der Waals surface area contributed by atoms with Crippen molar-refractivity contribution in [2.75, 3.05) is 20.1 Å². The van der Waals surface area contributed by atoms with E-state index in [0.29, 0.717) is 5.76 Å². The number of amides is 1. The fraction of sp³-hybridized carbons (Fsp3) is 0.471. The Morgan fingerprint density at radius 3 is 2.77 bits per heavy atom. The lowest BCUT2D eigenvalue weighted by Crippen LogP contribution is -2.40. The molecular weight excluding hydrogens is 300 g/mol. The maximum absolute atomic E-state index is 12.7. The number of fused-ring (bicyclic) bond motifs is 1. The largest absolute Gasteiger partial charge is 0.451 e. The summed E-state index contributed by atoms with van der Waals surface area (Å²) in [4.78, 5) is 14.6. The first kappa shape index (κ1) is 16.8. The Kier molecular flexibility index (Phi) is 5.14. The van der Waals surface area contributed by atoms with E-state index in [1.165, 1.54) is 11.1 Å². The van der Waals surface area contributed by atoms with Crippen molar-refractivity contribution in [2.24, 2.45) is 0 Å². The lowest BCUT2D eigenvalue weighted by atomic mass is 10.1. The number of nitrogens with one attached hydrogen (secondary N) is 1. The van der Waals surface area contributed by atoms with Gasteiger partial charge in [0.1, 0.15) is 5.58 Å². The van der Waals surface area contributed by atoms with Gasteiger partial charge in [-0.15, -0.1) is 12.4 Å². The van der Waals surface area contributed by atoms with Crippen LogP contribution in [0.1, 0.15) is 34.5 Å². The standard InChI is InChI=1S/C17H22N2O2.ClH/c1-11-7-13-9-16(21-15(13)8-12(11)2)17(20)19-6-4-5-14(19)10-18-3;/h7-9,14,18H,4-6,10H2,1-3H3;1H. The average molecular weight is 323 g/mol. The summed E-state index contributed by atoms with van der Waals surface area (Å²) in [6.07, 6.45) is 2.13. The molecule has 0 saturated carbocycles. The Labute approximate surface area is 137 Å². The Morgan fingerprint density at radius 1 is 1.32 bits per heavy atom. The molecular formula is C17H23ClN2O2. The highest BCUT2D eigenvalue weighted by Gasteiger charge is 2.30. The summed E-state index contributed by atoms with van der Waals surface area (Å²) in [6, 6.07) is 6.24. The molecule has 3 rings (SSSR count). The number of benzene rings is 1. The van der Waals surface area contributed by atoms with Gasteiger partial charge < -0.3 is 14.6 Å². The molecule has 1 fully saturated rings. The van der Waals surface area contributed by atoms with Gasteiger partial charge in [0.25, 0.3) is 5.91 Å². The predicted octanol–water partition coefficient (Wildman–Crippen LogP) is 3.30. The monoisotopic (exact) mass is 322 g/mol. The van der Waals surface area contributed by atoms with E-state index in [1.807, 2.05) is 24.1 Å². The molecule has 1 saturated heterocycles. The van der Waals surface area contributed by atoms with Crippen LogP contribution >= 0.6 is 12.4 Å². The predicted molar refractivity (Wildman–Crippen MR) is 90.9 cm³/mol. The summed E-state index contributed by atoms with van der Waals surface area (Å²) in [5, 5.41) is 4.17. The Morgan fingerprint density at radius 2 is 2.05 bits per heavy atom. The molecule has 2 heterocycles. The Balaban J connectivity index is 0.00000176. The molecule has 5 heteroatoms. The molecule has 0 radical (unpaired) electrons. The molecule has 1 aromatic heterocycles. The van der Waals surface area contributed by atoms with Gasteiger partial charge in [-0.1, -0.05) is 0 Å². The topological polar surface area (TPSA) is 45.5 Å². The van der Waals surface area contributed by atoms with Crippen LogP contribution in [0.4, 0.5) is 0 Å². The van der Waals surface area contributed by atoms with Crippen molar-refractivity contribution in [3.8, 4) is 0 Å². The highest BCUT2D eigenvalue weighted by Crippen LogP contribution is 2.26. The first-order valence-electron chi connectivity index (χ1n) is 7.56. The zero-order chi connectivity index (χ0) is 15.0. The smallest absolute Gasteiger partial charge is 0.289 e. The highest BCUT2D eigenvalue weighted by molar-refractivity contribution is 5.96. The van der Waals surface area contributed by atoms with Gasteiger partial charge in [0.2, 0.25) is 0 Å². The molecule has 1 unspecified atom stereocenters. The number of nitrogens with zero attached hydrogens (tertiary/aromatic N) is 1. The van der Waals surface area contributed by atoms with Crippen molar-refractivity contribution in [3.63, 3.8) is 0 Å².